The number of aromatic nitrogens is 1. The molecule has 0 radical (unpaired) electrons. The maximum absolute atomic E-state index is 13.4. The van der Waals surface area contributed by atoms with Crippen molar-refractivity contribution in [2.75, 3.05) is 4.90 Å². The molecule has 2 aromatic carbocycles. The quantitative estimate of drug-likeness (QED) is 0.330. The lowest BCUT2D eigenvalue weighted by molar-refractivity contribution is -0.122. The van der Waals surface area contributed by atoms with E-state index >= 15 is 0 Å². The molecule has 1 saturated heterocycles. The van der Waals surface area contributed by atoms with E-state index < -0.39 is 11.8 Å². The number of hydrogen-bond donors (Lipinski definition) is 1. The Morgan fingerprint density at radius 2 is 1.69 bits per heavy atom. The van der Waals surface area contributed by atoms with Gasteiger partial charge in [-0.25, -0.2) is 0 Å². The normalized spacial score (nSPS) is 15.5. The standard InChI is InChI=1S/C25H22ClN3O2S/c1-14-8-9-21(10-15(14)2)29-24(31)22(23(30)27-25(29)32)12-18-11-16(3)28(17(18)4)20-7-5-6-19(26)13-20/h5-13H,1-4H3,(H,27,30,32)/b22-12+. The zero-order valence-electron chi connectivity index (χ0n) is 18.2. The van der Waals surface area contributed by atoms with Crippen LogP contribution in [0.1, 0.15) is 28.1 Å². The molecule has 0 aliphatic carbocycles. The third-order valence-corrected chi connectivity index (χ3v) is 6.21. The maximum Gasteiger partial charge on any atom is 0.270 e. The zero-order valence-corrected chi connectivity index (χ0v) is 19.8. The van der Waals surface area contributed by atoms with Gasteiger partial charge in [-0.05, 0) is 99.1 Å². The van der Waals surface area contributed by atoms with Crippen molar-refractivity contribution in [2.24, 2.45) is 0 Å². The number of halogens is 1. The first-order valence-corrected chi connectivity index (χ1v) is 10.9. The Balaban J connectivity index is 1.77. The number of thiocarbonyl (C=S) groups is 1. The highest BCUT2D eigenvalue weighted by molar-refractivity contribution is 7.80. The smallest absolute Gasteiger partial charge is 0.270 e. The van der Waals surface area contributed by atoms with Crippen molar-refractivity contribution in [3.8, 4) is 5.69 Å². The van der Waals surface area contributed by atoms with E-state index in [1.54, 1.807) is 6.08 Å². The molecule has 2 heterocycles. The van der Waals surface area contributed by atoms with E-state index in [1.807, 2.05) is 80.8 Å². The maximum atomic E-state index is 13.4. The van der Waals surface area contributed by atoms with E-state index in [0.29, 0.717) is 10.7 Å². The molecule has 0 unspecified atom stereocenters. The number of carbonyl (C=O) groups excluding carboxylic acids is 2. The van der Waals surface area contributed by atoms with Crippen LogP contribution in [0.3, 0.4) is 0 Å². The van der Waals surface area contributed by atoms with Gasteiger partial charge in [0.2, 0.25) is 0 Å². The van der Waals surface area contributed by atoms with Gasteiger partial charge in [0.05, 0.1) is 5.69 Å². The second-order valence-corrected chi connectivity index (χ2v) is 8.69. The van der Waals surface area contributed by atoms with E-state index in [-0.39, 0.29) is 10.7 Å². The lowest BCUT2D eigenvalue weighted by Crippen LogP contribution is -2.54. The number of aryl methyl sites for hydroxylation is 3. The van der Waals surface area contributed by atoms with Gasteiger partial charge in [-0.3, -0.25) is 19.8 Å². The molecule has 0 bridgehead atoms. The van der Waals surface area contributed by atoms with Crippen molar-refractivity contribution >= 4 is 52.5 Å². The van der Waals surface area contributed by atoms with Crippen molar-refractivity contribution in [3.63, 3.8) is 0 Å². The Bertz CT molecular complexity index is 1320. The summed E-state index contributed by atoms with van der Waals surface area (Å²) in [5.41, 5.74) is 6.33. The van der Waals surface area contributed by atoms with Gasteiger partial charge in [0, 0.05) is 22.1 Å². The van der Waals surface area contributed by atoms with Crippen LogP contribution in [0.5, 0.6) is 0 Å². The van der Waals surface area contributed by atoms with Gasteiger partial charge in [0.1, 0.15) is 5.57 Å². The summed E-state index contributed by atoms with van der Waals surface area (Å²) in [5, 5.41) is 3.36. The molecule has 1 aliphatic heterocycles. The van der Waals surface area contributed by atoms with E-state index in [2.05, 4.69) is 5.32 Å². The fraction of sp³-hybridized carbons (Fsp3) is 0.160. The molecule has 1 aromatic heterocycles. The predicted octanol–water partition coefficient (Wildman–Crippen LogP) is 5.20. The minimum absolute atomic E-state index is 0.0307. The number of anilines is 1. The minimum atomic E-state index is -0.507. The number of nitrogens with zero attached hydrogens (tertiary/aromatic N) is 2. The predicted molar refractivity (Wildman–Crippen MR) is 132 cm³/mol. The fourth-order valence-electron chi connectivity index (χ4n) is 3.86. The number of rotatable bonds is 3. The van der Waals surface area contributed by atoms with Crippen molar-refractivity contribution in [1.29, 1.82) is 0 Å². The van der Waals surface area contributed by atoms with Gasteiger partial charge >= 0.3 is 0 Å². The Labute approximate surface area is 197 Å². The third kappa shape index (κ3) is 3.87. The molecular weight excluding hydrogens is 442 g/mol. The molecule has 1 N–H and O–H groups in total. The second kappa shape index (κ2) is 8.37. The lowest BCUT2D eigenvalue weighted by Gasteiger charge is -2.29. The van der Waals surface area contributed by atoms with Crippen molar-refractivity contribution < 1.29 is 9.59 Å². The summed E-state index contributed by atoms with van der Waals surface area (Å²) in [6, 6.07) is 15.1. The first kappa shape index (κ1) is 22.0. The van der Waals surface area contributed by atoms with Gasteiger partial charge in [-0.1, -0.05) is 23.7 Å². The largest absolute Gasteiger partial charge is 0.318 e. The van der Waals surface area contributed by atoms with Crippen LogP contribution in [-0.2, 0) is 9.59 Å². The SMILES string of the molecule is Cc1ccc(N2C(=O)/C(=C/c3cc(C)n(-c4cccc(Cl)c4)c3C)C(=O)NC2=S)cc1C. The van der Waals surface area contributed by atoms with E-state index in [9.17, 15) is 9.59 Å². The van der Waals surface area contributed by atoms with Gasteiger partial charge in [0.15, 0.2) is 5.11 Å². The van der Waals surface area contributed by atoms with Crippen LogP contribution in [0, 0.1) is 27.7 Å². The fourth-order valence-corrected chi connectivity index (χ4v) is 4.32. The van der Waals surface area contributed by atoms with Crippen LogP contribution in [0.2, 0.25) is 5.02 Å². The first-order valence-electron chi connectivity index (χ1n) is 10.1. The molecule has 0 atom stereocenters. The van der Waals surface area contributed by atoms with E-state index in [1.165, 1.54) is 4.90 Å². The molecule has 0 spiro atoms. The van der Waals surface area contributed by atoms with Crippen molar-refractivity contribution in [1.82, 2.24) is 9.88 Å². The average Bonchev–Trinajstić information content (AvgIpc) is 3.00. The van der Waals surface area contributed by atoms with Crippen LogP contribution in [0.4, 0.5) is 5.69 Å². The van der Waals surface area contributed by atoms with Gasteiger partial charge in [-0.15, -0.1) is 0 Å². The molecule has 7 heteroatoms. The molecule has 0 saturated carbocycles. The summed E-state index contributed by atoms with van der Waals surface area (Å²) in [6.45, 7) is 7.88. The molecular formula is C25H22ClN3O2S. The Morgan fingerprint density at radius 3 is 2.38 bits per heavy atom. The topological polar surface area (TPSA) is 54.3 Å². The summed E-state index contributed by atoms with van der Waals surface area (Å²) in [4.78, 5) is 27.4. The molecule has 3 aromatic rings. The minimum Gasteiger partial charge on any atom is -0.318 e. The summed E-state index contributed by atoms with van der Waals surface area (Å²) in [6.07, 6.45) is 1.62. The van der Waals surface area contributed by atoms with Crippen LogP contribution >= 0.6 is 23.8 Å². The highest BCUT2D eigenvalue weighted by atomic mass is 35.5. The van der Waals surface area contributed by atoms with Gasteiger partial charge in [-0.2, -0.15) is 0 Å². The number of carbonyl (C=O) groups is 2. The van der Waals surface area contributed by atoms with Crippen LogP contribution in [-0.4, -0.2) is 21.5 Å². The van der Waals surface area contributed by atoms with Gasteiger partial charge < -0.3 is 4.57 Å². The highest BCUT2D eigenvalue weighted by Crippen LogP contribution is 2.27. The number of hydrogen-bond acceptors (Lipinski definition) is 3. The molecule has 162 valence electrons. The number of nitrogens with one attached hydrogen (secondary N) is 1. The van der Waals surface area contributed by atoms with Crippen LogP contribution in [0.15, 0.2) is 54.1 Å². The highest BCUT2D eigenvalue weighted by Gasteiger charge is 2.34. The van der Waals surface area contributed by atoms with E-state index in [0.717, 1.165) is 33.8 Å². The molecule has 1 aliphatic rings. The summed E-state index contributed by atoms with van der Waals surface area (Å²) in [7, 11) is 0. The Morgan fingerprint density at radius 1 is 0.938 bits per heavy atom. The van der Waals surface area contributed by atoms with Crippen molar-refractivity contribution in [2.45, 2.75) is 27.7 Å². The molecule has 32 heavy (non-hydrogen) atoms. The average molecular weight is 464 g/mol. The van der Waals surface area contributed by atoms with E-state index in [4.69, 9.17) is 23.8 Å². The third-order valence-electron chi connectivity index (χ3n) is 5.69. The molecule has 4 rings (SSSR count). The number of benzene rings is 2. The number of amides is 2. The molecule has 1 fully saturated rings. The van der Waals surface area contributed by atoms with Crippen LogP contribution in [0.25, 0.3) is 11.8 Å². The van der Waals surface area contributed by atoms with Crippen molar-refractivity contribution in [3.05, 3.63) is 87.2 Å². The molecule has 2 amide bonds. The monoisotopic (exact) mass is 463 g/mol. The lowest BCUT2D eigenvalue weighted by atomic mass is 10.1. The molecule has 5 nitrogen and oxygen atoms in total. The summed E-state index contributed by atoms with van der Waals surface area (Å²) in [5.74, 6) is -0.956. The zero-order chi connectivity index (χ0) is 23.2. The summed E-state index contributed by atoms with van der Waals surface area (Å²) < 4.78 is 2.04. The second-order valence-electron chi connectivity index (χ2n) is 7.87. The first-order chi connectivity index (χ1) is 15.2. The van der Waals surface area contributed by atoms with Gasteiger partial charge in [0.25, 0.3) is 11.8 Å². The Kier molecular flexibility index (Phi) is 5.75. The van der Waals surface area contributed by atoms with Crippen LogP contribution < -0.4 is 10.2 Å². The Hall–Kier alpha value is -3.22. The summed E-state index contributed by atoms with van der Waals surface area (Å²) >= 11 is 11.5.